The van der Waals surface area contributed by atoms with Crippen molar-refractivity contribution in [3.63, 3.8) is 0 Å². The van der Waals surface area contributed by atoms with E-state index in [9.17, 15) is 14.7 Å². The number of carboxylic acid groups (broad SMARTS) is 1. The van der Waals surface area contributed by atoms with Gasteiger partial charge in [0.2, 0.25) is 5.75 Å². The van der Waals surface area contributed by atoms with E-state index in [0.29, 0.717) is 11.3 Å². The molecule has 0 spiro atoms. The second-order valence-corrected chi connectivity index (χ2v) is 6.29. The molecule has 8 nitrogen and oxygen atoms in total. The summed E-state index contributed by atoms with van der Waals surface area (Å²) in [6.07, 6.45) is -0.851. The zero-order valence-electron chi connectivity index (χ0n) is 15.6. The number of benzene rings is 1. The molecule has 2 N–H and O–H groups in total. The second kappa shape index (κ2) is 7.96. The van der Waals surface area contributed by atoms with Gasteiger partial charge < -0.3 is 29.4 Å². The zero-order valence-corrected chi connectivity index (χ0v) is 15.6. The van der Waals surface area contributed by atoms with Gasteiger partial charge in [-0.1, -0.05) is 0 Å². The highest BCUT2D eigenvalue weighted by molar-refractivity contribution is 5.83. The normalized spacial score (nSPS) is 12.1. The van der Waals surface area contributed by atoms with Gasteiger partial charge in [0, 0.05) is 5.56 Å². The van der Waals surface area contributed by atoms with Crippen molar-refractivity contribution >= 4 is 12.1 Å². The smallest absolute Gasteiger partial charge is 0.408 e. The van der Waals surface area contributed by atoms with E-state index in [1.165, 1.54) is 21.3 Å². The molecule has 0 radical (unpaired) electrons. The highest BCUT2D eigenvalue weighted by atomic mass is 16.6. The Morgan fingerprint density at radius 1 is 1.08 bits per heavy atom. The van der Waals surface area contributed by atoms with Gasteiger partial charge in [0.15, 0.2) is 17.5 Å². The zero-order chi connectivity index (χ0) is 19.4. The number of carbonyl (C=O) groups excluding carboxylic acids is 1. The van der Waals surface area contributed by atoms with E-state index < -0.39 is 23.7 Å². The number of ether oxygens (including phenoxy) is 4. The Balaban J connectivity index is 3.41. The molecular formula is C17H25NO7. The molecule has 1 aromatic carbocycles. The third kappa shape index (κ3) is 4.91. The first-order valence-corrected chi connectivity index (χ1v) is 7.57. The fraction of sp³-hybridized carbons (Fsp3) is 0.529. The maximum Gasteiger partial charge on any atom is 0.408 e. The highest BCUT2D eigenvalue weighted by Crippen LogP contribution is 2.44. The predicted octanol–water partition coefficient (Wildman–Crippen LogP) is 2.67. The highest BCUT2D eigenvalue weighted by Gasteiger charge is 2.32. The SMILES string of the molecule is COc1cc(C)c(C(NC(=O)OC(C)(C)C)C(=O)O)c(OC)c1OC. The average molecular weight is 355 g/mol. The van der Waals surface area contributed by atoms with E-state index >= 15 is 0 Å². The van der Waals surface area contributed by atoms with Gasteiger partial charge in [0.25, 0.3) is 0 Å². The standard InChI is InChI=1S/C17H25NO7/c1-9-8-10(22-5)13(23-6)14(24-7)11(9)12(15(19)20)18-16(21)25-17(2,3)4/h8,12H,1-7H3,(H,18,21)(H,19,20). The first kappa shape index (κ1) is 20.4. The van der Waals surface area contributed by atoms with E-state index in [1.807, 2.05) is 0 Å². The summed E-state index contributed by atoms with van der Waals surface area (Å²) in [5, 5.41) is 12.0. The van der Waals surface area contributed by atoms with Gasteiger partial charge >= 0.3 is 12.1 Å². The van der Waals surface area contributed by atoms with Gasteiger partial charge in [-0.25, -0.2) is 9.59 Å². The van der Waals surface area contributed by atoms with E-state index in [0.717, 1.165) is 0 Å². The molecule has 0 fully saturated rings. The van der Waals surface area contributed by atoms with Gasteiger partial charge in [-0.15, -0.1) is 0 Å². The number of aryl methyl sites for hydroxylation is 1. The Bertz CT molecular complexity index is 649. The van der Waals surface area contributed by atoms with Crippen LogP contribution in [0.3, 0.4) is 0 Å². The molecule has 1 amide bonds. The quantitative estimate of drug-likeness (QED) is 0.808. The van der Waals surface area contributed by atoms with Crippen molar-refractivity contribution in [1.82, 2.24) is 5.32 Å². The van der Waals surface area contributed by atoms with Crippen LogP contribution in [0.15, 0.2) is 6.07 Å². The van der Waals surface area contributed by atoms with Crippen molar-refractivity contribution in [3.8, 4) is 17.2 Å². The lowest BCUT2D eigenvalue weighted by molar-refractivity contribution is -0.139. The van der Waals surface area contributed by atoms with E-state index in [2.05, 4.69) is 5.32 Å². The molecule has 140 valence electrons. The number of hydrogen-bond acceptors (Lipinski definition) is 6. The first-order valence-electron chi connectivity index (χ1n) is 7.57. The summed E-state index contributed by atoms with van der Waals surface area (Å²) in [6, 6.07) is 0.230. The fourth-order valence-corrected chi connectivity index (χ4v) is 2.34. The van der Waals surface area contributed by atoms with E-state index in [-0.39, 0.29) is 17.1 Å². The number of methoxy groups -OCH3 is 3. The summed E-state index contributed by atoms with van der Waals surface area (Å²) in [5.41, 5.74) is 0.0422. The Morgan fingerprint density at radius 2 is 1.64 bits per heavy atom. The van der Waals surface area contributed by atoms with Crippen molar-refractivity contribution in [2.45, 2.75) is 39.3 Å². The van der Waals surface area contributed by atoms with Crippen LogP contribution in [-0.4, -0.2) is 44.1 Å². The lowest BCUT2D eigenvalue weighted by Crippen LogP contribution is -2.38. The topological polar surface area (TPSA) is 103 Å². The molecule has 25 heavy (non-hydrogen) atoms. The van der Waals surface area contributed by atoms with Crippen molar-refractivity contribution in [3.05, 3.63) is 17.2 Å². The number of nitrogens with one attached hydrogen (secondary N) is 1. The van der Waals surface area contributed by atoms with Crippen LogP contribution in [0.5, 0.6) is 17.2 Å². The van der Waals surface area contributed by atoms with Crippen molar-refractivity contribution in [1.29, 1.82) is 0 Å². The molecule has 0 bridgehead atoms. The Labute approximate surface area is 147 Å². The van der Waals surface area contributed by atoms with Crippen LogP contribution < -0.4 is 19.5 Å². The van der Waals surface area contributed by atoms with Crippen LogP contribution in [-0.2, 0) is 9.53 Å². The maximum atomic E-state index is 12.0. The minimum Gasteiger partial charge on any atom is -0.493 e. The number of carbonyl (C=O) groups is 2. The molecular weight excluding hydrogens is 330 g/mol. The average Bonchev–Trinajstić information content (AvgIpc) is 2.49. The number of carboxylic acids is 1. The molecule has 0 aliphatic rings. The molecule has 1 rings (SSSR count). The Kier molecular flexibility index (Phi) is 6.49. The molecule has 0 aliphatic carbocycles. The van der Waals surface area contributed by atoms with Crippen LogP contribution in [0.1, 0.15) is 37.9 Å². The molecule has 0 heterocycles. The maximum absolute atomic E-state index is 12.0. The lowest BCUT2D eigenvalue weighted by Gasteiger charge is -2.25. The summed E-state index contributed by atoms with van der Waals surface area (Å²) in [7, 11) is 4.26. The van der Waals surface area contributed by atoms with Crippen molar-refractivity contribution in [2.75, 3.05) is 21.3 Å². The van der Waals surface area contributed by atoms with Gasteiger partial charge in [-0.3, -0.25) is 0 Å². The van der Waals surface area contributed by atoms with E-state index in [1.54, 1.807) is 33.8 Å². The third-order valence-electron chi connectivity index (χ3n) is 3.27. The molecule has 0 saturated heterocycles. The summed E-state index contributed by atoms with van der Waals surface area (Å²) >= 11 is 0. The van der Waals surface area contributed by atoms with Crippen molar-refractivity contribution < 1.29 is 33.6 Å². The number of rotatable bonds is 6. The lowest BCUT2D eigenvalue weighted by atomic mass is 9.98. The van der Waals surface area contributed by atoms with Crippen LogP contribution in [0, 0.1) is 6.92 Å². The molecule has 1 unspecified atom stereocenters. The van der Waals surface area contributed by atoms with Gasteiger partial charge in [-0.2, -0.15) is 0 Å². The minimum absolute atomic E-state index is 0.169. The third-order valence-corrected chi connectivity index (χ3v) is 3.27. The summed E-state index contributed by atoms with van der Waals surface area (Å²) in [4.78, 5) is 23.8. The largest absolute Gasteiger partial charge is 0.493 e. The van der Waals surface area contributed by atoms with Gasteiger partial charge in [0.1, 0.15) is 5.60 Å². The summed E-state index contributed by atoms with van der Waals surface area (Å²) < 4.78 is 21.0. The first-order chi connectivity index (χ1) is 11.6. The van der Waals surface area contributed by atoms with Crippen LogP contribution >= 0.6 is 0 Å². The summed E-state index contributed by atoms with van der Waals surface area (Å²) in [5.74, 6) is -0.466. The van der Waals surface area contributed by atoms with Crippen LogP contribution in [0.25, 0.3) is 0 Å². The second-order valence-electron chi connectivity index (χ2n) is 6.29. The minimum atomic E-state index is -1.38. The number of amides is 1. The predicted molar refractivity (Wildman–Crippen MR) is 90.6 cm³/mol. The molecule has 8 heteroatoms. The Hall–Kier alpha value is -2.64. The van der Waals surface area contributed by atoms with Crippen LogP contribution in [0.2, 0.25) is 0 Å². The molecule has 0 saturated carbocycles. The molecule has 0 aliphatic heterocycles. The molecule has 0 aromatic heterocycles. The summed E-state index contributed by atoms with van der Waals surface area (Å²) in [6.45, 7) is 6.74. The number of hydrogen-bond donors (Lipinski definition) is 2. The van der Waals surface area contributed by atoms with Gasteiger partial charge in [-0.05, 0) is 39.3 Å². The molecule has 1 aromatic rings. The monoisotopic (exact) mass is 355 g/mol. The van der Waals surface area contributed by atoms with Crippen molar-refractivity contribution in [2.24, 2.45) is 0 Å². The molecule has 1 atom stereocenters. The van der Waals surface area contributed by atoms with Crippen LogP contribution in [0.4, 0.5) is 4.79 Å². The number of aliphatic carboxylic acids is 1. The Morgan fingerprint density at radius 3 is 2.04 bits per heavy atom. The van der Waals surface area contributed by atoms with E-state index in [4.69, 9.17) is 18.9 Å². The number of alkyl carbamates (subject to hydrolysis) is 1. The fourth-order valence-electron chi connectivity index (χ4n) is 2.34. The van der Waals surface area contributed by atoms with Gasteiger partial charge in [0.05, 0.1) is 21.3 Å².